The zero-order chi connectivity index (χ0) is 20.9. The van der Waals surface area contributed by atoms with Crippen molar-refractivity contribution in [3.63, 3.8) is 0 Å². The number of aromatic nitrogens is 1. The van der Waals surface area contributed by atoms with Crippen LogP contribution >= 0.6 is 0 Å². The van der Waals surface area contributed by atoms with E-state index in [1.807, 2.05) is 25.3 Å². The molecule has 1 atom stereocenters. The van der Waals surface area contributed by atoms with Crippen molar-refractivity contribution in [2.24, 2.45) is 5.92 Å². The maximum absolute atomic E-state index is 11.9. The van der Waals surface area contributed by atoms with Gasteiger partial charge in [-0.05, 0) is 62.8 Å². The summed E-state index contributed by atoms with van der Waals surface area (Å²) >= 11 is 0. The van der Waals surface area contributed by atoms with Crippen molar-refractivity contribution in [2.75, 3.05) is 18.5 Å². The summed E-state index contributed by atoms with van der Waals surface area (Å²) in [6, 6.07) is 10.2. The number of ether oxygens (including phenoxy) is 3. The Bertz CT molecular complexity index is 860. The second-order valence-electron chi connectivity index (χ2n) is 7.97. The molecule has 0 radical (unpaired) electrons. The largest absolute Gasteiger partial charge is 0.486 e. The Labute approximate surface area is 177 Å². The molecule has 2 heterocycles. The number of anilines is 1. The van der Waals surface area contributed by atoms with Gasteiger partial charge in [0, 0.05) is 17.8 Å². The summed E-state index contributed by atoms with van der Waals surface area (Å²) in [6.45, 7) is 5.26. The fourth-order valence-electron chi connectivity index (χ4n) is 4.09. The van der Waals surface area contributed by atoms with E-state index in [0.717, 1.165) is 61.2 Å². The van der Waals surface area contributed by atoms with Crippen molar-refractivity contribution in [3.8, 4) is 22.8 Å². The number of benzene rings is 1. The molecule has 1 aromatic heterocycles. The van der Waals surface area contributed by atoms with Gasteiger partial charge in [0.2, 0.25) is 5.88 Å². The van der Waals surface area contributed by atoms with Crippen molar-refractivity contribution in [3.05, 3.63) is 36.5 Å². The lowest BCUT2D eigenvalue weighted by Gasteiger charge is -2.27. The van der Waals surface area contributed by atoms with E-state index < -0.39 is 0 Å². The van der Waals surface area contributed by atoms with Gasteiger partial charge in [-0.15, -0.1) is 0 Å². The maximum atomic E-state index is 11.9. The molecule has 6 heteroatoms. The van der Waals surface area contributed by atoms with E-state index in [1.165, 1.54) is 0 Å². The van der Waals surface area contributed by atoms with Gasteiger partial charge in [-0.2, -0.15) is 0 Å². The Hall–Kier alpha value is -2.76. The highest BCUT2D eigenvalue weighted by molar-refractivity contribution is 5.72. The number of hydrogen-bond acceptors (Lipinski definition) is 6. The van der Waals surface area contributed by atoms with Gasteiger partial charge in [0.05, 0.1) is 24.8 Å². The van der Waals surface area contributed by atoms with Crippen LogP contribution in [0, 0.1) is 5.92 Å². The van der Waals surface area contributed by atoms with Crippen LogP contribution in [0.3, 0.4) is 0 Å². The molecule has 1 N–H and O–H groups in total. The molecule has 4 rings (SSSR count). The molecular weight excluding hydrogens is 380 g/mol. The first-order valence-corrected chi connectivity index (χ1v) is 11.0. The van der Waals surface area contributed by atoms with Gasteiger partial charge in [0.15, 0.2) is 0 Å². The monoisotopic (exact) mass is 410 g/mol. The zero-order valence-electron chi connectivity index (χ0n) is 17.7. The summed E-state index contributed by atoms with van der Waals surface area (Å²) in [5, 5.41) is 3.42. The van der Waals surface area contributed by atoms with E-state index >= 15 is 0 Å². The highest BCUT2D eigenvalue weighted by Gasteiger charge is 2.28. The lowest BCUT2D eigenvalue weighted by molar-refractivity contribution is -0.149. The minimum atomic E-state index is -0.0760. The molecule has 0 amide bonds. The molecule has 0 bridgehead atoms. The van der Waals surface area contributed by atoms with Crippen molar-refractivity contribution in [2.45, 2.75) is 58.2 Å². The number of pyridine rings is 1. The number of carbonyl (C=O) groups is 1. The SMILES string of the molecule is CCOC(=O)C1CCC(Oc2ccc(-c3ccc4c(c3)OC(CC)CN4)cn2)CC1. The van der Waals surface area contributed by atoms with E-state index in [-0.39, 0.29) is 24.1 Å². The summed E-state index contributed by atoms with van der Waals surface area (Å²) < 4.78 is 17.3. The van der Waals surface area contributed by atoms with E-state index in [0.29, 0.717) is 12.5 Å². The van der Waals surface area contributed by atoms with E-state index in [9.17, 15) is 4.79 Å². The summed E-state index contributed by atoms with van der Waals surface area (Å²) in [5.41, 5.74) is 3.13. The van der Waals surface area contributed by atoms with E-state index in [1.54, 1.807) is 0 Å². The van der Waals surface area contributed by atoms with Crippen molar-refractivity contribution in [1.29, 1.82) is 0 Å². The van der Waals surface area contributed by atoms with Gasteiger partial charge in [0.1, 0.15) is 18.0 Å². The highest BCUT2D eigenvalue weighted by Crippen LogP contribution is 2.35. The van der Waals surface area contributed by atoms with Crippen LogP contribution in [-0.4, -0.2) is 36.3 Å². The van der Waals surface area contributed by atoms with Crippen LogP contribution in [0.15, 0.2) is 36.5 Å². The Morgan fingerprint density at radius 3 is 2.63 bits per heavy atom. The fourth-order valence-corrected chi connectivity index (χ4v) is 4.09. The molecule has 30 heavy (non-hydrogen) atoms. The Kier molecular flexibility index (Phi) is 6.41. The number of rotatable bonds is 6. The van der Waals surface area contributed by atoms with Gasteiger partial charge < -0.3 is 19.5 Å². The lowest BCUT2D eigenvalue weighted by atomic mass is 9.87. The molecule has 160 valence electrons. The zero-order valence-corrected chi connectivity index (χ0v) is 17.7. The fraction of sp³-hybridized carbons (Fsp3) is 0.500. The van der Waals surface area contributed by atoms with Gasteiger partial charge >= 0.3 is 5.97 Å². The summed E-state index contributed by atoms with van der Waals surface area (Å²) in [4.78, 5) is 16.4. The van der Waals surface area contributed by atoms with Crippen LogP contribution in [0.4, 0.5) is 5.69 Å². The molecule has 1 fully saturated rings. The number of nitrogens with zero attached hydrogens (tertiary/aromatic N) is 1. The second kappa shape index (κ2) is 9.37. The average molecular weight is 411 g/mol. The number of carbonyl (C=O) groups excluding carboxylic acids is 1. The summed E-state index contributed by atoms with van der Waals surface area (Å²) in [6.07, 6.45) is 6.44. The molecule has 1 aliphatic heterocycles. The van der Waals surface area contributed by atoms with Crippen LogP contribution < -0.4 is 14.8 Å². The number of fused-ring (bicyclic) bond motifs is 1. The van der Waals surface area contributed by atoms with E-state index in [4.69, 9.17) is 14.2 Å². The number of esters is 1. The Balaban J connectivity index is 1.35. The predicted octanol–water partition coefficient (Wildman–Crippen LogP) is 4.83. The molecule has 2 aliphatic rings. The molecule has 0 saturated heterocycles. The molecular formula is C24H30N2O4. The first-order chi connectivity index (χ1) is 14.7. The third-order valence-electron chi connectivity index (χ3n) is 5.90. The average Bonchev–Trinajstić information content (AvgIpc) is 2.79. The lowest BCUT2D eigenvalue weighted by Crippen LogP contribution is -2.29. The maximum Gasteiger partial charge on any atom is 0.308 e. The van der Waals surface area contributed by atoms with Crippen molar-refractivity contribution >= 4 is 11.7 Å². The quantitative estimate of drug-likeness (QED) is 0.688. The normalized spacial score (nSPS) is 22.9. The van der Waals surface area contributed by atoms with Gasteiger partial charge in [0.25, 0.3) is 0 Å². The van der Waals surface area contributed by atoms with Crippen LogP contribution in [-0.2, 0) is 9.53 Å². The molecule has 6 nitrogen and oxygen atoms in total. The van der Waals surface area contributed by atoms with Gasteiger partial charge in [-0.1, -0.05) is 13.0 Å². The minimum Gasteiger partial charge on any atom is -0.486 e. The van der Waals surface area contributed by atoms with Crippen LogP contribution in [0.25, 0.3) is 11.1 Å². The number of hydrogen-bond donors (Lipinski definition) is 1. The first kappa shape index (κ1) is 20.5. The topological polar surface area (TPSA) is 69.7 Å². The summed E-state index contributed by atoms with van der Waals surface area (Å²) in [7, 11) is 0. The predicted molar refractivity (Wildman–Crippen MR) is 116 cm³/mol. The molecule has 1 aromatic carbocycles. The standard InChI is InChI=1S/C24H30N2O4/c1-3-19-15-25-21-11-7-17(13-22(21)29-19)18-8-12-23(26-14-18)30-20-9-5-16(6-10-20)24(27)28-4-2/h7-8,11-14,16,19-20,25H,3-6,9-10,15H2,1-2H3. The molecule has 1 saturated carbocycles. The molecule has 0 spiro atoms. The van der Waals surface area contributed by atoms with Crippen molar-refractivity contribution in [1.82, 2.24) is 4.98 Å². The third-order valence-corrected chi connectivity index (χ3v) is 5.90. The molecule has 1 unspecified atom stereocenters. The highest BCUT2D eigenvalue weighted by atomic mass is 16.5. The minimum absolute atomic E-state index is 0.00755. The Morgan fingerprint density at radius 2 is 1.93 bits per heavy atom. The number of nitrogens with one attached hydrogen (secondary N) is 1. The van der Waals surface area contributed by atoms with Crippen molar-refractivity contribution < 1.29 is 19.0 Å². The summed E-state index contributed by atoms with van der Waals surface area (Å²) in [5.74, 6) is 1.45. The van der Waals surface area contributed by atoms with E-state index in [2.05, 4.69) is 35.4 Å². The first-order valence-electron chi connectivity index (χ1n) is 11.0. The van der Waals surface area contributed by atoms with Crippen LogP contribution in [0.1, 0.15) is 46.0 Å². The molecule has 2 aromatic rings. The Morgan fingerprint density at radius 1 is 1.13 bits per heavy atom. The van der Waals surface area contributed by atoms with Gasteiger partial charge in [-0.25, -0.2) is 4.98 Å². The second-order valence-corrected chi connectivity index (χ2v) is 7.97. The van der Waals surface area contributed by atoms with Crippen LogP contribution in [0.2, 0.25) is 0 Å². The van der Waals surface area contributed by atoms with Crippen LogP contribution in [0.5, 0.6) is 11.6 Å². The molecule has 1 aliphatic carbocycles. The van der Waals surface area contributed by atoms with Gasteiger partial charge in [-0.3, -0.25) is 4.79 Å². The smallest absolute Gasteiger partial charge is 0.308 e. The third kappa shape index (κ3) is 4.69.